The van der Waals surface area contributed by atoms with Crippen molar-refractivity contribution < 1.29 is 3.73 Å². The third kappa shape index (κ3) is 0.284. The van der Waals surface area contributed by atoms with Crippen molar-refractivity contribution >= 4 is 16.1 Å². The van der Waals surface area contributed by atoms with E-state index in [2.05, 4.69) is 0 Å². The zero-order valence-electron chi connectivity index (χ0n) is 2.32. The Bertz CT molecular complexity index is 14.0. The molecule has 0 aromatic rings. The van der Waals surface area contributed by atoms with E-state index in [1.54, 1.807) is 0 Å². The normalized spacial score (nSPS) is 30.0. The molecule has 0 bridgehead atoms. The van der Waals surface area contributed by atoms with E-state index in [9.17, 15) is 0 Å². The molecule has 0 aromatic heterocycles. The summed E-state index contributed by atoms with van der Waals surface area (Å²) in [4.78, 5) is 0. The predicted octanol–water partition coefficient (Wildman–Crippen LogP) is -0.214. The molecule has 1 atom stereocenters. The van der Waals surface area contributed by atoms with Gasteiger partial charge >= 0.3 is 31.6 Å². The summed E-state index contributed by atoms with van der Waals surface area (Å²) >= 11 is 0.194. The molecule has 0 N–H and O–H groups in total. The Kier molecular flexibility index (Phi) is 0.749. The van der Waals surface area contributed by atoms with Crippen LogP contribution in [0.5, 0.6) is 0 Å². The summed E-state index contributed by atoms with van der Waals surface area (Å²) in [5, 5.41) is 1.40. The molecule has 1 heterocycles. The molecule has 1 aliphatic rings. The summed E-state index contributed by atoms with van der Waals surface area (Å²) < 4.78 is 4.85. The van der Waals surface area contributed by atoms with Gasteiger partial charge in [-0.25, -0.2) is 0 Å². The van der Waals surface area contributed by atoms with Crippen LogP contribution in [0.25, 0.3) is 0 Å². The van der Waals surface area contributed by atoms with Crippen molar-refractivity contribution in [1.82, 2.24) is 0 Å². The van der Waals surface area contributed by atoms with E-state index in [0.29, 0.717) is 0 Å². The molecule has 4 heavy (non-hydrogen) atoms. The Labute approximate surface area is 32.4 Å². The molecular formula is C2H5AsO. The quantitative estimate of drug-likeness (QED) is 0.402. The molecule has 1 rings (SSSR count). The first-order valence-electron chi connectivity index (χ1n) is 1.35. The van der Waals surface area contributed by atoms with Gasteiger partial charge in [-0.2, -0.15) is 0 Å². The van der Waals surface area contributed by atoms with Crippen LogP contribution in [0.2, 0.25) is 5.21 Å². The van der Waals surface area contributed by atoms with Crippen LogP contribution in [0, 0.1) is 0 Å². The van der Waals surface area contributed by atoms with Gasteiger partial charge in [-0.15, -0.1) is 0 Å². The molecule has 0 amide bonds. The van der Waals surface area contributed by atoms with Crippen LogP contribution in [0.3, 0.4) is 0 Å². The summed E-state index contributed by atoms with van der Waals surface area (Å²) in [5.74, 6) is 0. The second-order valence-corrected chi connectivity index (χ2v) is 3.00. The first-order chi connectivity index (χ1) is 2.00. The summed E-state index contributed by atoms with van der Waals surface area (Å²) in [6.45, 7) is 1.06. The summed E-state index contributed by atoms with van der Waals surface area (Å²) in [6, 6.07) is 0. The molecule has 0 aliphatic carbocycles. The standard InChI is InChI=1S/C2H5AsO/c1-2-4-3-1/h3H,1-2H2. The minimum absolute atomic E-state index is 0.194. The molecular weight excluding hydrogens is 115 g/mol. The van der Waals surface area contributed by atoms with Gasteiger partial charge < -0.3 is 0 Å². The molecule has 1 unspecified atom stereocenters. The van der Waals surface area contributed by atoms with E-state index < -0.39 is 0 Å². The maximum absolute atomic E-state index is 4.85. The maximum atomic E-state index is 4.85. The van der Waals surface area contributed by atoms with Crippen LogP contribution in [0.1, 0.15) is 0 Å². The average molecular weight is 120 g/mol. The molecule has 0 aromatic carbocycles. The van der Waals surface area contributed by atoms with Gasteiger partial charge in [-0.05, 0) is 0 Å². The van der Waals surface area contributed by atoms with Gasteiger partial charge in [-0.1, -0.05) is 0 Å². The molecule has 0 spiro atoms. The van der Waals surface area contributed by atoms with Gasteiger partial charge in [0.05, 0.1) is 0 Å². The summed E-state index contributed by atoms with van der Waals surface area (Å²) in [5.41, 5.74) is 0. The Morgan fingerprint density at radius 1 is 1.75 bits per heavy atom. The molecule has 0 saturated carbocycles. The summed E-state index contributed by atoms with van der Waals surface area (Å²) in [6.07, 6.45) is 0. The van der Waals surface area contributed by atoms with Gasteiger partial charge in [0.1, 0.15) is 0 Å². The van der Waals surface area contributed by atoms with Crippen LogP contribution in [0.4, 0.5) is 0 Å². The fourth-order valence-corrected chi connectivity index (χ4v) is 0.530. The van der Waals surface area contributed by atoms with Crippen molar-refractivity contribution in [2.45, 2.75) is 5.21 Å². The third-order valence-corrected chi connectivity index (χ3v) is 2.12. The van der Waals surface area contributed by atoms with Crippen LogP contribution in [0.15, 0.2) is 0 Å². The second-order valence-electron chi connectivity index (χ2n) is 0.743. The fourth-order valence-electron chi connectivity index (χ4n) is 0.102. The van der Waals surface area contributed by atoms with Crippen molar-refractivity contribution in [3.05, 3.63) is 0 Å². The van der Waals surface area contributed by atoms with Gasteiger partial charge in [-0.3, -0.25) is 0 Å². The molecule has 1 fully saturated rings. The monoisotopic (exact) mass is 120 g/mol. The Hall–Kier alpha value is 0.518. The van der Waals surface area contributed by atoms with E-state index >= 15 is 0 Å². The molecule has 1 nitrogen and oxygen atoms in total. The molecule has 24 valence electrons. The van der Waals surface area contributed by atoms with Gasteiger partial charge in [0.2, 0.25) is 0 Å². The first-order valence-corrected chi connectivity index (χ1v) is 3.69. The molecule has 1 saturated heterocycles. The van der Waals surface area contributed by atoms with E-state index in [0.717, 1.165) is 6.61 Å². The molecule has 2 heteroatoms. The van der Waals surface area contributed by atoms with Crippen LogP contribution >= 0.6 is 0 Å². The average Bonchev–Trinajstić information content (AvgIpc) is 0.722. The van der Waals surface area contributed by atoms with Gasteiger partial charge in [0, 0.05) is 0 Å². The molecule has 0 radical (unpaired) electrons. The fraction of sp³-hybridized carbons (Fsp3) is 1.00. The van der Waals surface area contributed by atoms with E-state index in [-0.39, 0.29) is 16.1 Å². The van der Waals surface area contributed by atoms with E-state index in [1.165, 1.54) is 5.21 Å². The van der Waals surface area contributed by atoms with Crippen molar-refractivity contribution in [3.8, 4) is 0 Å². The van der Waals surface area contributed by atoms with Crippen LogP contribution in [-0.4, -0.2) is 22.7 Å². The van der Waals surface area contributed by atoms with Crippen molar-refractivity contribution in [2.24, 2.45) is 0 Å². The van der Waals surface area contributed by atoms with Crippen molar-refractivity contribution in [3.63, 3.8) is 0 Å². The minimum atomic E-state index is 0.194. The van der Waals surface area contributed by atoms with Crippen LogP contribution < -0.4 is 0 Å². The number of hydrogen-bond donors (Lipinski definition) is 0. The zero-order chi connectivity index (χ0) is 2.83. The first kappa shape index (κ1) is 2.74. The second kappa shape index (κ2) is 1.09. The third-order valence-electron chi connectivity index (χ3n) is 0.408. The van der Waals surface area contributed by atoms with Crippen molar-refractivity contribution in [1.29, 1.82) is 0 Å². The van der Waals surface area contributed by atoms with Gasteiger partial charge in [0.25, 0.3) is 0 Å². The van der Waals surface area contributed by atoms with E-state index in [1.807, 2.05) is 0 Å². The van der Waals surface area contributed by atoms with Crippen LogP contribution in [-0.2, 0) is 3.73 Å². The Morgan fingerprint density at radius 3 is 2.00 bits per heavy atom. The predicted molar refractivity (Wildman–Crippen MR) is 17.9 cm³/mol. The Morgan fingerprint density at radius 2 is 2.00 bits per heavy atom. The summed E-state index contributed by atoms with van der Waals surface area (Å²) in [7, 11) is 0. The molecule has 1 aliphatic heterocycles. The Balaban J connectivity index is 2.00. The topological polar surface area (TPSA) is 9.23 Å². The number of rotatable bonds is 0. The van der Waals surface area contributed by atoms with Crippen molar-refractivity contribution in [2.75, 3.05) is 6.61 Å². The van der Waals surface area contributed by atoms with E-state index in [4.69, 9.17) is 3.73 Å². The zero-order valence-corrected chi connectivity index (χ0v) is 4.42. The number of hydrogen-bond acceptors (Lipinski definition) is 1. The van der Waals surface area contributed by atoms with Gasteiger partial charge in [0.15, 0.2) is 0 Å². The SMILES string of the molecule is C1C[AsH]O1.